The van der Waals surface area contributed by atoms with Crippen LogP contribution in [0.5, 0.6) is 0 Å². The summed E-state index contributed by atoms with van der Waals surface area (Å²) in [6, 6.07) is 42.1. The van der Waals surface area contributed by atoms with E-state index >= 15 is 0 Å². The number of rotatable bonds is 2. The SMILES string of the molecule is CC1(C)c2ccccc2-c2cc3c4cnccc4n(-c4ccc5c(c4)c4ccccc4n5-c4ccccc4)c3cc21. The quantitative estimate of drug-likeness (QED) is 0.220. The van der Waals surface area contributed by atoms with Gasteiger partial charge < -0.3 is 9.13 Å². The maximum Gasteiger partial charge on any atom is 0.0571 e. The van der Waals surface area contributed by atoms with Gasteiger partial charge in [0.25, 0.3) is 0 Å². The highest BCUT2D eigenvalue weighted by atomic mass is 15.0. The summed E-state index contributed by atoms with van der Waals surface area (Å²) >= 11 is 0. The van der Waals surface area contributed by atoms with Crippen molar-refractivity contribution in [3.8, 4) is 22.5 Å². The van der Waals surface area contributed by atoms with Gasteiger partial charge in [-0.05, 0) is 76.9 Å². The van der Waals surface area contributed by atoms with Crippen LogP contribution in [0.1, 0.15) is 25.0 Å². The predicted octanol–water partition coefficient (Wildman–Crippen LogP) is 9.58. The van der Waals surface area contributed by atoms with Crippen LogP contribution in [0.3, 0.4) is 0 Å². The van der Waals surface area contributed by atoms with Crippen LogP contribution >= 0.6 is 0 Å². The van der Waals surface area contributed by atoms with Crippen LogP contribution in [0.15, 0.2) is 128 Å². The number of nitrogens with zero attached hydrogens (tertiary/aromatic N) is 3. The summed E-state index contributed by atoms with van der Waals surface area (Å²) in [4.78, 5) is 4.55. The molecule has 3 aromatic heterocycles. The minimum atomic E-state index is -0.0628. The van der Waals surface area contributed by atoms with Crippen molar-refractivity contribution in [1.29, 1.82) is 0 Å². The third-order valence-electron chi connectivity index (χ3n) is 9.20. The molecule has 1 aliphatic carbocycles. The van der Waals surface area contributed by atoms with Gasteiger partial charge in [-0.15, -0.1) is 0 Å². The fourth-order valence-corrected chi connectivity index (χ4v) is 7.29. The van der Waals surface area contributed by atoms with Crippen LogP contribution in [-0.4, -0.2) is 14.1 Å². The normalized spacial score (nSPS) is 13.8. The average molecular weight is 526 g/mol. The summed E-state index contributed by atoms with van der Waals surface area (Å²) in [6.07, 6.45) is 3.93. The van der Waals surface area contributed by atoms with E-state index in [4.69, 9.17) is 0 Å². The molecule has 0 N–H and O–H groups in total. The molecule has 41 heavy (non-hydrogen) atoms. The molecular formula is C38H27N3. The number of para-hydroxylation sites is 2. The first-order chi connectivity index (χ1) is 20.1. The summed E-state index contributed by atoms with van der Waals surface area (Å²) in [5, 5.41) is 4.93. The number of pyridine rings is 1. The number of fused-ring (bicyclic) bond motifs is 9. The Morgan fingerprint density at radius 3 is 2.10 bits per heavy atom. The highest BCUT2D eigenvalue weighted by Crippen LogP contribution is 2.51. The molecule has 0 fully saturated rings. The molecule has 0 unspecified atom stereocenters. The van der Waals surface area contributed by atoms with Crippen molar-refractivity contribution >= 4 is 43.6 Å². The van der Waals surface area contributed by atoms with Crippen LogP contribution < -0.4 is 0 Å². The van der Waals surface area contributed by atoms with E-state index in [-0.39, 0.29) is 5.41 Å². The fraction of sp³-hybridized carbons (Fsp3) is 0.0789. The molecule has 0 saturated heterocycles. The lowest BCUT2D eigenvalue weighted by Gasteiger charge is -2.21. The third-order valence-corrected chi connectivity index (χ3v) is 9.20. The fourth-order valence-electron chi connectivity index (χ4n) is 7.29. The molecule has 194 valence electrons. The standard InChI is InChI=1S/C38H27N3/c1-38(2)32-14-8-6-12-26(32)28-21-30-31-23-39-19-18-36(31)41(37(30)22-33(28)38)25-16-17-35-29(20-25)27-13-7-9-15-34(27)40(35)24-10-4-3-5-11-24/h3-23H,1-2H3. The molecule has 5 aromatic carbocycles. The minimum absolute atomic E-state index is 0.0628. The Kier molecular flexibility index (Phi) is 4.39. The van der Waals surface area contributed by atoms with Crippen molar-refractivity contribution in [2.45, 2.75) is 19.3 Å². The third kappa shape index (κ3) is 2.95. The van der Waals surface area contributed by atoms with Gasteiger partial charge in [0, 0.05) is 50.7 Å². The summed E-state index contributed by atoms with van der Waals surface area (Å²) in [5.74, 6) is 0. The molecule has 0 spiro atoms. The van der Waals surface area contributed by atoms with Crippen molar-refractivity contribution in [1.82, 2.24) is 14.1 Å². The van der Waals surface area contributed by atoms with E-state index in [1.165, 1.54) is 71.6 Å². The average Bonchev–Trinajstić information content (AvgIpc) is 3.60. The van der Waals surface area contributed by atoms with E-state index in [0.29, 0.717) is 0 Å². The number of hydrogen-bond acceptors (Lipinski definition) is 1. The van der Waals surface area contributed by atoms with Gasteiger partial charge in [-0.25, -0.2) is 0 Å². The van der Waals surface area contributed by atoms with Crippen LogP contribution in [0, 0.1) is 0 Å². The highest BCUT2D eigenvalue weighted by molar-refractivity contribution is 6.13. The van der Waals surface area contributed by atoms with E-state index in [0.717, 1.165) is 5.69 Å². The maximum absolute atomic E-state index is 4.55. The van der Waals surface area contributed by atoms with Crippen molar-refractivity contribution < 1.29 is 0 Å². The van der Waals surface area contributed by atoms with Gasteiger partial charge in [-0.1, -0.05) is 74.5 Å². The predicted molar refractivity (Wildman–Crippen MR) is 170 cm³/mol. The Labute approximate surface area is 237 Å². The first kappa shape index (κ1) is 22.6. The topological polar surface area (TPSA) is 22.8 Å². The van der Waals surface area contributed by atoms with E-state index < -0.39 is 0 Å². The molecule has 0 bridgehead atoms. The summed E-state index contributed by atoms with van der Waals surface area (Å²) in [6.45, 7) is 4.70. The first-order valence-electron chi connectivity index (χ1n) is 14.2. The van der Waals surface area contributed by atoms with Crippen molar-refractivity contribution in [2.24, 2.45) is 0 Å². The van der Waals surface area contributed by atoms with Crippen molar-refractivity contribution in [3.63, 3.8) is 0 Å². The molecular weight excluding hydrogens is 498 g/mol. The smallest absolute Gasteiger partial charge is 0.0571 e. The lowest BCUT2D eigenvalue weighted by Crippen LogP contribution is -2.14. The Morgan fingerprint density at radius 2 is 1.20 bits per heavy atom. The first-order valence-corrected chi connectivity index (χ1v) is 14.2. The number of benzene rings is 5. The molecule has 0 saturated carbocycles. The van der Waals surface area contributed by atoms with Crippen molar-refractivity contribution in [3.05, 3.63) is 139 Å². The van der Waals surface area contributed by atoms with Crippen LogP contribution in [0.2, 0.25) is 0 Å². The maximum atomic E-state index is 4.55. The monoisotopic (exact) mass is 525 g/mol. The van der Waals surface area contributed by atoms with Crippen molar-refractivity contribution in [2.75, 3.05) is 0 Å². The molecule has 0 amide bonds. The largest absolute Gasteiger partial charge is 0.309 e. The molecule has 8 aromatic rings. The second kappa shape index (κ2) is 7.96. The molecule has 0 atom stereocenters. The van der Waals surface area contributed by atoms with Gasteiger partial charge in [-0.2, -0.15) is 0 Å². The summed E-state index contributed by atoms with van der Waals surface area (Å²) in [7, 11) is 0. The molecule has 3 heteroatoms. The van der Waals surface area contributed by atoms with Crippen LogP contribution in [0.25, 0.3) is 66.1 Å². The molecule has 9 rings (SSSR count). The van der Waals surface area contributed by atoms with E-state index in [9.17, 15) is 0 Å². The van der Waals surface area contributed by atoms with Crippen LogP contribution in [0.4, 0.5) is 0 Å². The zero-order valence-electron chi connectivity index (χ0n) is 23.0. The summed E-state index contributed by atoms with van der Waals surface area (Å²) in [5.41, 5.74) is 12.5. The van der Waals surface area contributed by atoms with Gasteiger partial charge in [0.1, 0.15) is 0 Å². The number of aromatic nitrogens is 3. The van der Waals surface area contributed by atoms with Gasteiger partial charge >= 0.3 is 0 Å². The van der Waals surface area contributed by atoms with Gasteiger partial charge in [0.2, 0.25) is 0 Å². The lowest BCUT2D eigenvalue weighted by molar-refractivity contribution is 0.661. The van der Waals surface area contributed by atoms with E-state index in [1.54, 1.807) is 0 Å². The molecule has 0 radical (unpaired) electrons. The van der Waals surface area contributed by atoms with Crippen LogP contribution in [-0.2, 0) is 5.41 Å². The summed E-state index contributed by atoms with van der Waals surface area (Å²) < 4.78 is 4.80. The van der Waals surface area contributed by atoms with Gasteiger partial charge in [0.05, 0.1) is 22.1 Å². The minimum Gasteiger partial charge on any atom is -0.309 e. The zero-order chi connectivity index (χ0) is 27.3. The molecule has 3 nitrogen and oxygen atoms in total. The lowest BCUT2D eigenvalue weighted by atomic mass is 9.82. The molecule has 3 heterocycles. The Balaban J connectivity index is 1.36. The molecule has 1 aliphatic rings. The zero-order valence-corrected chi connectivity index (χ0v) is 23.0. The Morgan fingerprint density at radius 1 is 0.488 bits per heavy atom. The van der Waals surface area contributed by atoms with Gasteiger partial charge in [-0.3, -0.25) is 4.98 Å². The van der Waals surface area contributed by atoms with E-state index in [1.807, 2.05) is 12.4 Å². The Hall–Kier alpha value is -5.15. The second-order valence-electron chi connectivity index (χ2n) is 11.7. The highest BCUT2D eigenvalue weighted by Gasteiger charge is 2.36. The van der Waals surface area contributed by atoms with E-state index in [2.05, 4.69) is 143 Å². The molecule has 0 aliphatic heterocycles. The second-order valence-corrected chi connectivity index (χ2v) is 11.7. The number of hydrogen-bond donors (Lipinski definition) is 0. The Bertz CT molecular complexity index is 2330. The van der Waals surface area contributed by atoms with Gasteiger partial charge in [0.15, 0.2) is 0 Å².